The van der Waals surface area contributed by atoms with Crippen molar-refractivity contribution in [1.82, 2.24) is 24.9 Å². The molecule has 0 spiro atoms. The number of pyridine rings is 1. The molecule has 1 fully saturated rings. The average Bonchev–Trinajstić information content (AvgIpc) is 3.39. The van der Waals surface area contributed by atoms with E-state index < -0.39 is 29.0 Å². The lowest BCUT2D eigenvalue weighted by Crippen LogP contribution is -2.62. The highest BCUT2D eigenvalue weighted by Gasteiger charge is 2.50. The van der Waals surface area contributed by atoms with Crippen molar-refractivity contribution in [3.8, 4) is 6.07 Å². The normalized spacial score (nSPS) is 20.2. The van der Waals surface area contributed by atoms with E-state index in [0.29, 0.717) is 21.5 Å². The van der Waals surface area contributed by atoms with Crippen LogP contribution in [0.2, 0.25) is 5.02 Å². The van der Waals surface area contributed by atoms with Crippen molar-refractivity contribution in [2.24, 2.45) is 7.05 Å². The van der Waals surface area contributed by atoms with E-state index in [9.17, 15) is 14.0 Å². The molecule has 1 aromatic carbocycles. The molecule has 3 amide bonds. The smallest absolute Gasteiger partial charge is 0.315 e. The first-order valence-corrected chi connectivity index (χ1v) is 11.1. The first-order valence-electron chi connectivity index (χ1n) is 9.89. The number of halogens is 2. The van der Waals surface area contributed by atoms with Crippen LogP contribution in [0.15, 0.2) is 36.7 Å². The van der Waals surface area contributed by atoms with E-state index >= 15 is 0 Å². The molecule has 33 heavy (non-hydrogen) atoms. The van der Waals surface area contributed by atoms with E-state index in [-0.39, 0.29) is 23.7 Å². The molecule has 0 radical (unpaired) electrons. The summed E-state index contributed by atoms with van der Waals surface area (Å²) in [6.07, 6.45) is 4.80. The van der Waals surface area contributed by atoms with Gasteiger partial charge in [0.15, 0.2) is 0 Å². The maximum atomic E-state index is 13.6. The van der Waals surface area contributed by atoms with Gasteiger partial charge in [0.25, 0.3) is 5.91 Å². The van der Waals surface area contributed by atoms with Gasteiger partial charge in [-0.25, -0.2) is 18.8 Å². The van der Waals surface area contributed by atoms with Gasteiger partial charge in [-0.3, -0.25) is 9.78 Å². The molecule has 0 aliphatic carbocycles. The van der Waals surface area contributed by atoms with Crippen LogP contribution < -0.4 is 4.90 Å². The van der Waals surface area contributed by atoms with Crippen molar-refractivity contribution in [3.05, 3.63) is 53.1 Å². The van der Waals surface area contributed by atoms with Gasteiger partial charge in [0.1, 0.15) is 22.1 Å². The van der Waals surface area contributed by atoms with E-state index in [0.717, 1.165) is 4.90 Å². The Kier molecular flexibility index (Phi) is 5.26. The van der Waals surface area contributed by atoms with Crippen LogP contribution in [0.25, 0.3) is 15.9 Å². The molecule has 1 saturated heterocycles. The number of imide groups is 1. The minimum atomic E-state index is -0.672. The second-order valence-corrected chi connectivity index (χ2v) is 9.07. The number of anilines is 1. The number of nitriles is 1. The second-order valence-electron chi connectivity index (χ2n) is 7.48. The number of hydrogen-bond acceptors (Lipinski definition) is 7. The molecule has 12 heteroatoms. The van der Waals surface area contributed by atoms with Gasteiger partial charge in [0.05, 0.1) is 41.6 Å². The molecule has 0 N–H and O–H groups in total. The summed E-state index contributed by atoms with van der Waals surface area (Å²) in [5.41, 5.74) is 1.77. The SMILES string of the molecule is Cn1nnc2cncc(N3C(=O)C4SC(c5ccc(F)cc5Cl)=CC4N(CCC#N)C3=O)c21. The van der Waals surface area contributed by atoms with E-state index in [1.165, 1.54) is 45.9 Å². The second kappa shape index (κ2) is 8.13. The minimum Gasteiger partial charge on any atom is -0.315 e. The lowest BCUT2D eigenvalue weighted by molar-refractivity contribution is -0.119. The summed E-state index contributed by atoms with van der Waals surface area (Å²) in [6.45, 7) is 0.134. The minimum absolute atomic E-state index is 0.0951. The summed E-state index contributed by atoms with van der Waals surface area (Å²) in [4.78, 5) is 34.5. The number of aryl methyl sites for hydroxylation is 1. The first kappa shape index (κ1) is 21.4. The number of fused-ring (bicyclic) bond motifs is 2. The number of thioether (sulfide) groups is 1. The molecule has 2 aromatic heterocycles. The zero-order valence-electron chi connectivity index (χ0n) is 17.1. The van der Waals surface area contributed by atoms with Crippen LogP contribution in [0.5, 0.6) is 0 Å². The predicted molar refractivity (Wildman–Crippen MR) is 121 cm³/mol. The lowest BCUT2D eigenvalue weighted by Gasteiger charge is -2.40. The predicted octanol–water partition coefficient (Wildman–Crippen LogP) is 3.36. The third kappa shape index (κ3) is 3.42. The van der Waals surface area contributed by atoms with Crippen molar-refractivity contribution in [1.29, 1.82) is 5.26 Å². The highest BCUT2D eigenvalue weighted by molar-refractivity contribution is 8.09. The summed E-state index contributed by atoms with van der Waals surface area (Å²) < 4.78 is 15.0. The van der Waals surface area contributed by atoms with Gasteiger partial charge in [-0.1, -0.05) is 16.8 Å². The Labute approximate surface area is 196 Å². The number of urea groups is 1. The van der Waals surface area contributed by atoms with E-state index in [1.54, 1.807) is 19.2 Å². The fourth-order valence-electron chi connectivity index (χ4n) is 4.06. The Hall–Kier alpha value is -3.49. The van der Waals surface area contributed by atoms with Crippen LogP contribution in [0.3, 0.4) is 0 Å². The fourth-order valence-corrected chi connectivity index (χ4v) is 5.75. The maximum Gasteiger partial charge on any atom is 0.332 e. The highest BCUT2D eigenvalue weighted by Crippen LogP contribution is 2.47. The van der Waals surface area contributed by atoms with E-state index in [2.05, 4.69) is 21.4 Å². The number of carbonyl (C=O) groups excluding carboxylic acids is 2. The van der Waals surface area contributed by atoms with Crippen LogP contribution >= 0.6 is 23.4 Å². The molecule has 5 rings (SSSR count). The molecule has 166 valence electrons. The van der Waals surface area contributed by atoms with Gasteiger partial charge in [0.2, 0.25) is 0 Å². The quantitative estimate of drug-likeness (QED) is 0.559. The van der Waals surface area contributed by atoms with Gasteiger partial charge in [-0.05, 0) is 24.3 Å². The van der Waals surface area contributed by atoms with Crippen LogP contribution in [-0.2, 0) is 11.8 Å². The molecule has 4 heterocycles. The van der Waals surface area contributed by atoms with Crippen molar-refractivity contribution >= 4 is 56.9 Å². The van der Waals surface area contributed by atoms with Gasteiger partial charge in [-0.15, -0.1) is 16.9 Å². The van der Waals surface area contributed by atoms with Gasteiger partial charge >= 0.3 is 6.03 Å². The number of nitrogens with zero attached hydrogens (tertiary/aromatic N) is 7. The topological polar surface area (TPSA) is 108 Å². The molecule has 2 unspecified atom stereocenters. The lowest BCUT2D eigenvalue weighted by atomic mass is 10.0. The number of aromatic nitrogens is 4. The molecular formula is C21H15ClFN7O2S. The number of amides is 3. The zero-order chi connectivity index (χ0) is 23.3. The zero-order valence-corrected chi connectivity index (χ0v) is 18.7. The summed E-state index contributed by atoms with van der Waals surface area (Å²) in [5, 5.41) is 16.6. The Morgan fingerprint density at radius 1 is 1.30 bits per heavy atom. The van der Waals surface area contributed by atoms with Crippen molar-refractivity contribution < 1.29 is 14.0 Å². The molecule has 2 aliphatic rings. The van der Waals surface area contributed by atoms with Gasteiger partial charge in [-0.2, -0.15) is 5.26 Å². The standard InChI is InChI=1S/C21H15ClFN7O2S/c1-28-18-14(26-27-28)9-25-10-16(18)30-20(31)19-15(29(21(30)32)6-2-5-24)8-17(33-19)12-4-3-11(23)7-13(12)22/h3-4,7-10,15,19H,2,6H2,1H3. The van der Waals surface area contributed by atoms with E-state index in [4.69, 9.17) is 16.9 Å². The fraction of sp³-hybridized carbons (Fsp3) is 0.238. The van der Waals surface area contributed by atoms with Crippen LogP contribution in [0.1, 0.15) is 12.0 Å². The first-order chi connectivity index (χ1) is 15.9. The highest BCUT2D eigenvalue weighted by atomic mass is 35.5. The molecule has 9 nitrogen and oxygen atoms in total. The molecule has 3 aromatic rings. The van der Waals surface area contributed by atoms with E-state index in [1.807, 2.05) is 0 Å². The third-order valence-electron chi connectivity index (χ3n) is 5.54. The van der Waals surface area contributed by atoms with Crippen LogP contribution in [0.4, 0.5) is 14.9 Å². The summed E-state index contributed by atoms with van der Waals surface area (Å²) >= 11 is 7.50. The van der Waals surface area contributed by atoms with Crippen LogP contribution in [0, 0.1) is 17.1 Å². The molecule has 2 atom stereocenters. The average molecular weight is 484 g/mol. The molecular weight excluding hydrogens is 469 g/mol. The molecule has 0 bridgehead atoms. The van der Waals surface area contributed by atoms with Crippen LogP contribution in [-0.4, -0.2) is 54.7 Å². The number of carbonyl (C=O) groups is 2. The summed E-state index contributed by atoms with van der Waals surface area (Å²) in [5.74, 6) is -0.897. The number of hydrogen-bond donors (Lipinski definition) is 0. The Bertz CT molecular complexity index is 1380. The number of benzene rings is 1. The van der Waals surface area contributed by atoms with Crippen molar-refractivity contribution in [2.45, 2.75) is 17.7 Å². The Morgan fingerprint density at radius 2 is 2.12 bits per heavy atom. The Balaban J connectivity index is 1.59. The molecule has 0 saturated carbocycles. The largest absolute Gasteiger partial charge is 0.332 e. The monoisotopic (exact) mass is 483 g/mol. The third-order valence-corrected chi connectivity index (χ3v) is 7.20. The Morgan fingerprint density at radius 3 is 2.88 bits per heavy atom. The maximum absolute atomic E-state index is 13.6. The van der Waals surface area contributed by atoms with Crippen molar-refractivity contribution in [2.75, 3.05) is 11.4 Å². The summed E-state index contributed by atoms with van der Waals surface area (Å²) in [6, 6.07) is 4.95. The summed E-state index contributed by atoms with van der Waals surface area (Å²) in [7, 11) is 1.66. The van der Waals surface area contributed by atoms with Gasteiger partial charge < -0.3 is 4.90 Å². The van der Waals surface area contributed by atoms with Gasteiger partial charge in [0, 0.05) is 24.1 Å². The van der Waals surface area contributed by atoms with Crippen molar-refractivity contribution in [3.63, 3.8) is 0 Å². The number of rotatable bonds is 4. The molecule has 2 aliphatic heterocycles.